The first-order chi connectivity index (χ1) is 24.8. The van der Waals surface area contributed by atoms with Gasteiger partial charge in [-0.15, -0.1) is 0 Å². The van der Waals surface area contributed by atoms with E-state index in [9.17, 15) is 0 Å². The molecule has 0 aliphatic rings. The number of fused-ring (bicyclic) bond motifs is 12. The Kier molecular flexibility index (Phi) is 5.00. The van der Waals surface area contributed by atoms with Crippen molar-refractivity contribution in [1.29, 1.82) is 0 Å². The Morgan fingerprint density at radius 3 is 1.50 bits per heavy atom. The Morgan fingerprint density at radius 2 is 0.760 bits per heavy atom. The molecule has 0 aliphatic carbocycles. The number of nitrogens with zero attached hydrogens (tertiary/aromatic N) is 2. The molecule has 0 aliphatic heterocycles. The molecule has 12 aromatic rings. The van der Waals surface area contributed by atoms with Gasteiger partial charge in [0.1, 0.15) is 0 Å². The van der Waals surface area contributed by atoms with Crippen molar-refractivity contribution in [1.82, 2.24) is 8.80 Å². The lowest BCUT2D eigenvalue weighted by molar-refractivity contribution is 1.37. The van der Waals surface area contributed by atoms with Crippen LogP contribution in [0.3, 0.4) is 0 Å². The summed E-state index contributed by atoms with van der Waals surface area (Å²) >= 11 is 0. The molecule has 50 heavy (non-hydrogen) atoms. The quantitative estimate of drug-likeness (QED) is 0.183. The van der Waals surface area contributed by atoms with Crippen LogP contribution in [0.1, 0.15) is 0 Å². The van der Waals surface area contributed by atoms with Crippen LogP contribution in [0.5, 0.6) is 0 Å². The van der Waals surface area contributed by atoms with Crippen molar-refractivity contribution in [2.75, 3.05) is 0 Å². The molecule has 4 aromatic heterocycles. The second kappa shape index (κ2) is 9.49. The minimum Gasteiger partial charge on any atom is -0.308 e. The van der Waals surface area contributed by atoms with Crippen LogP contribution in [-0.4, -0.2) is 8.80 Å². The van der Waals surface area contributed by atoms with E-state index in [-0.39, 0.29) is 0 Å². The zero-order valence-electron chi connectivity index (χ0n) is 27.1. The molecule has 0 amide bonds. The van der Waals surface area contributed by atoms with Gasteiger partial charge in [-0.2, -0.15) is 0 Å². The number of rotatable bonds is 3. The minimum absolute atomic E-state index is 1.24. The standard InChI is InChI=1S/C48H28N2/c1-3-11-29(12-4-1)31-21-23-43-38(25-31)36-17-9-18-37-39-26-32(22-24-44(39)49(43)47(36)37)33-27-40-35-15-7-8-19-42(35)50-45-20-10-16-34(30-13-5-2-6-14-30)46(45)41(28-33)48(40)50/h1-28H. The fourth-order valence-electron chi connectivity index (χ4n) is 9.05. The third-order valence-corrected chi connectivity index (χ3v) is 11.2. The van der Waals surface area contributed by atoms with Gasteiger partial charge < -0.3 is 8.80 Å². The van der Waals surface area contributed by atoms with E-state index in [1.165, 1.54) is 110 Å². The van der Waals surface area contributed by atoms with E-state index in [1.54, 1.807) is 0 Å². The van der Waals surface area contributed by atoms with Gasteiger partial charge in [0.05, 0.1) is 33.1 Å². The fourth-order valence-corrected chi connectivity index (χ4v) is 9.05. The maximum atomic E-state index is 2.48. The molecule has 12 rings (SSSR count). The summed E-state index contributed by atoms with van der Waals surface area (Å²) in [6, 6.07) is 62.8. The number of aromatic nitrogens is 2. The zero-order valence-corrected chi connectivity index (χ0v) is 27.1. The molecule has 0 fully saturated rings. The zero-order chi connectivity index (χ0) is 32.5. The highest BCUT2D eigenvalue weighted by Crippen LogP contribution is 2.46. The SMILES string of the molecule is c1ccc(-c2ccc3c(c2)c2cccc4c5cc(-c6cc7c8ccccc8n8c9cccc(-c%10ccccc%10)c9c(c6)c78)ccc5n3c24)cc1. The topological polar surface area (TPSA) is 8.82 Å². The summed E-state index contributed by atoms with van der Waals surface area (Å²) in [5.41, 5.74) is 15.1. The van der Waals surface area contributed by atoms with Crippen molar-refractivity contribution in [3.8, 4) is 33.4 Å². The van der Waals surface area contributed by atoms with E-state index >= 15 is 0 Å². The van der Waals surface area contributed by atoms with E-state index in [1.807, 2.05) is 0 Å². The Morgan fingerprint density at radius 1 is 0.260 bits per heavy atom. The van der Waals surface area contributed by atoms with Crippen molar-refractivity contribution in [2.45, 2.75) is 0 Å². The summed E-state index contributed by atoms with van der Waals surface area (Å²) in [5.74, 6) is 0. The first kappa shape index (κ1) is 26.3. The Bertz CT molecular complexity index is 3290. The van der Waals surface area contributed by atoms with E-state index < -0.39 is 0 Å². The van der Waals surface area contributed by atoms with Crippen molar-refractivity contribution in [3.05, 3.63) is 170 Å². The average Bonchev–Trinajstić information content (AvgIpc) is 3.91. The fraction of sp³-hybridized carbons (Fsp3) is 0. The Labute approximate surface area is 287 Å². The highest BCUT2D eigenvalue weighted by molar-refractivity contribution is 6.28. The van der Waals surface area contributed by atoms with Gasteiger partial charge in [-0.1, -0.05) is 121 Å². The van der Waals surface area contributed by atoms with E-state index in [0.29, 0.717) is 0 Å². The van der Waals surface area contributed by atoms with Crippen LogP contribution >= 0.6 is 0 Å². The van der Waals surface area contributed by atoms with Crippen LogP contribution < -0.4 is 0 Å². The second-order valence-electron chi connectivity index (χ2n) is 13.7. The highest BCUT2D eigenvalue weighted by atomic mass is 14.9. The molecular weight excluding hydrogens is 605 g/mol. The van der Waals surface area contributed by atoms with Crippen LogP contribution in [0, 0.1) is 0 Å². The molecule has 0 saturated heterocycles. The normalized spacial score (nSPS) is 12.4. The maximum absolute atomic E-state index is 2.48. The summed E-state index contributed by atoms with van der Waals surface area (Å²) in [4.78, 5) is 0. The molecule has 230 valence electrons. The molecule has 8 aromatic carbocycles. The van der Waals surface area contributed by atoms with Gasteiger partial charge in [0, 0.05) is 43.1 Å². The van der Waals surface area contributed by atoms with E-state index in [4.69, 9.17) is 0 Å². The van der Waals surface area contributed by atoms with Crippen molar-refractivity contribution >= 4 is 76.2 Å². The minimum atomic E-state index is 1.24. The largest absolute Gasteiger partial charge is 0.308 e. The number of hydrogen-bond acceptors (Lipinski definition) is 0. The highest BCUT2D eigenvalue weighted by Gasteiger charge is 2.22. The van der Waals surface area contributed by atoms with Gasteiger partial charge in [-0.05, 0) is 81.9 Å². The first-order valence-electron chi connectivity index (χ1n) is 17.4. The van der Waals surface area contributed by atoms with Gasteiger partial charge in [-0.25, -0.2) is 0 Å². The van der Waals surface area contributed by atoms with Crippen LogP contribution in [0.25, 0.3) is 110 Å². The number of hydrogen-bond donors (Lipinski definition) is 0. The van der Waals surface area contributed by atoms with Crippen molar-refractivity contribution in [2.24, 2.45) is 0 Å². The molecule has 0 bridgehead atoms. The summed E-state index contributed by atoms with van der Waals surface area (Å²) in [5, 5.41) is 10.4. The molecule has 0 atom stereocenters. The molecule has 0 radical (unpaired) electrons. The molecule has 0 N–H and O–H groups in total. The van der Waals surface area contributed by atoms with Crippen LogP contribution in [-0.2, 0) is 0 Å². The van der Waals surface area contributed by atoms with Gasteiger partial charge in [-0.3, -0.25) is 0 Å². The molecule has 0 spiro atoms. The average molecular weight is 633 g/mol. The van der Waals surface area contributed by atoms with Gasteiger partial charge in [0.2, 0.25) is 0 Å². The summed E-state index contributed by atoms with van der Waals surface area (Å²) < 4.78 is 4.96. The maximum Gasteiger partial charge on any atom is 0.0621 e. The first-order valence-corrected chi connectivity index (χ1v) is 17.4. The summed E-state index contributed by atoms with van der Waals surface area (Å²) in [6.45, 7) is 0. The molecule has 0 unspecified atom stereocenters. The second-order valence-corrected chi connectivity index (χ2v) is 13.7. The monoisotopic (exact) mass is 632 g/mol. The molecule has 4 heterocycles. The predicted octanol–water partition coefficient (Wildman–Crippen LogP) is 13.0. The molecule has 2 nitrogen and oxygen atoms in total. The van der Waals surface area contributed by atoms with Crippen molar-refractivity contribution < 1.29 is 0 Å². The third-order valence-electron chi connectivity index (χ3n) is 11.2. The Hall–Kier alpha value is -6.64. The molecule has 2 heteroatoms. The van der Waals surface area contributed by atoms with Crippen LogP contribution in [0.15, 0.2) is 170 Å². The number of para-hydroxylation sites is 2. The van der Waals surface area contributed by atoms with Crippen molar-refractivity contribution in [3.63, 3.8) is 0 Å². The van der Waals surface area contributed by atoms with Gasteiger partial charge in [0.25, 0.3) is 0 Å². The molecule has 0 saturated carbocycles. The van der Waals surface area contributed by atoms with Gasteiger partial charge >= 0.3 is 0 Å². The summed E-state index contributed by atoms with van der Waals surface area (Å²) in [7, 11) is 0. The Balaban J connectivity index is 1.13. The molecular formula is C48H28N2. The lowest BCUT2D eigenvalue weighted by Crippen LogP contribution is -1.84. The van der Waals surface area contributed by atoms with Gasteiger partial charge in [0.15, 0.2) is 0 Å². The number of benzene rings is 8. The van der Waals surface area contributed by atoms with Crippen LogP contribution in [0.4, 0.5) is 0 Å². The van der Waals surface area contributed by atoms with Crippen LogP contribution in [0.2, 0.25) is 0 Å². The van der Waals surface area contributed by atoms with E-state index in [0.717, 1.165) is 0 Å². The third kappa shape index (κ3) is 3.32. The van der Waals surface area contributed by atoms with E-state index in [2.05, 4.69) is 179 Å². The lowest BCUT2D eigenvalue weighted by atomic mass is 9.95. The smallest absolute Gasteiger partial charge is 0.0621 e. The lowest BCUT2D eigenvalue weighted by Gasteiger charge is -2.08. The predicted molar refractivity (Wildman–Crippen MR) is 212 cm³/mol. The summed E-state index contributed by atoms with van der Waals surface area (Å²) in [6.07, 6.45) is 0.